The van der Waals surface area contributed by atoms with Gasteiger partial charge in [-0.15, -0.1) is 0 Å². The van der Waals surface area contributed by atoms with Gasteiger partial charge < -0.3 is 15.5 Å². The van der Waals surface area contributed by atoms with Crippen molar-refractivity contribution in [1.82, 2.24) is 4.90 Å². The normalized spacial score (nSPS) is 18.4. The lowest BCUT2D eigenvalue weighted by molar-refractivity contribution is 0.0828. The number of rotatable bonds is 4. The van der Waals surface area contributed by atoms with E-state index >= 15 is 0 Å². The van der Waals surface area contributed by atoms with Gasteiger partial charge in [0.25, 0.3) is 5.91 Å². The molecule has 1 unspecified atom stereocenters. The third-order valence-corrected chi connectivity index (χ3v) is 3.98. The zero-order valence-electron chi connectivity index (χ0n) is 12.7. The number of benzene rings is 1. The monoisotopic (exact) mass is 275 g/mol. The number of hydrogen-bond donors (Lipinski definition) is 1. The average Bonchev–Trinajstić information content (AvgIpc) is 2.86. The number of amides is 1. The SMILES string of the molecule is CCCC1CCN(c2cc(N)ccc2C(=O)N(C)C)C1. The third kappa shape index (κ3) is 3.06. The lowest BCUT2D eigenvalue weighted by Gasteiger charge is -2.23. The van der Waals surface area contributed by atoms with Crippen LogP contribution in [0.1, 0.15) is 36.5 Å². The first-order valence-electron chi connectivity index (χ1n) is 7.39. The Labute approximate surface area is 121 Å². The molecule has 0 aromatic heterocycles. The molecular formula is C16H25N3O. The van der Waals surface area contributed by atoms with E-state index in [0.717, 1.165) is 30.3 Å². The summed E-state index contributed by atoms with van der Waals surface area (Å²) in [6.45, 7) is 4.27. The highest BCUT2D eigenvalue weighted by Gasteiger charge is 2.25. The van der Waals surface area contributed by atoms with Crippen molar-refractivity contribution in [2.45, 2.75) is 26.2 Å². The van der Waals surface area contributed by atoms with Gasteiger partial charge in [-0.05, 0) is 37.0 Å². The summed E-state index contributed by atoms with van der Waals surface area (Å²) in [4.78, 5) is 16.2. The van der Waals surface area contributed by atoms with Gasteiger partial charge in [-0.25, -0.2) is 0 Å². The molecule has 1 aliphatic heterocycles. The van der Waals surface area contributed by atoms with Gasteiger partial charge in [-0.3, -0.25) is 4.79 Å². The van der Waals surface area contributed by atoms with Crippen molar-refractivity contribution in [2.24, 2.45) is 5.92 Å². The highest BCUT2D eigenvalue weighted by molar-refractivity contribution is 6.00. The summed E-state index contributed by atoms with van der Waals surface area (Å²) in [6.07, 6.45) is 3.69. The smallest absolute Gasteiger partial charge is 0.255 e. The van der Waals surface area contributed by atoms with Crippen molar-refractivity contribution in [3.05, 3.63) is 23.8 Å². The molecular weight excluding hydrogens is 250 g/mol. The Morgan fingerprint density at radius 2 is 2.20 bits per heavy atom. The van der Waals surface area contributed by atoms with Gasteiger partial charge in [0, 0.05) is 32.9 Å². The van der Waals surface area contributed by atoms with Crippen LogP contribution < -0.4 is 10.6 Å². The molecule has 1 saturated heterocycles. The number of anilines is 2. The lowest BCUT2D eigenvalue weighted by atomic mass is 10.0. The van der Waals surface area contributed by atoms with Crippen molar-refractivity contribution in [3.8, 4) is 0 Å². The highest BCUT2D eigenvalue weighted by Crippen LogP contribution is 2.31. The van der Waals surface area contributed by atoms with E-state index in [9.17, 15) is 4.79 Å². The lowest BCUT2D eigenvalue weighted by Crippen LogP contribution is -2.27. The maximum Gasteiger partial charge on any atom is 0.255 e. The molecule has 1 fully saturated rings. The van der Waals surface area contributed by atoms with Crippen LogP contribution in [0.4, 0.5) is 11.4 Å². The molecule has 0 bridgehead atoms. The maximum atomic E-state index is 12.3. The second-order valence-corrected chi connectivity index (χ2v) is 5.87. The molecule has 2 N–H and O–H groups in total. The van der Waals surface area contributed by atoms with Crippen LogP contribution in [0.5, 0.6) is 0 Å². The summed E-state index contributed by atoms with van der Waals surface area (Å²) in [7, 11) is 3.57. The van der Waals surface area contributed by atoms with Gasteiger partial charge in [0.05, 0.1) is 11.3 Å². The second-order valence-electron chi connectivity index (χ2n) is 5.87. The zero-order valence-corrected chi connectivity index (χ0v) is 12.7. The number of nitrogens with zero attached hydrogens (tertiary/aromatic N) is 2. The van der Waals surface area contributed by atoms with E-state index in [4.69, 9.17) is 5.73 Å². The van der Waals surface area contributed by atoms with Crippen LogP contribution in [0.3, 0.4) is 0 Å². The Morgan fingerprint density at radius 1 is 1.45 bits per heavy atom. The fourth-order valence-corrected chi connectivity index (χ4v) is 2.93. The molecule has 1 aromatic carbocycles. The van der Waals surface area contributed by atoms with Gasteiger partial charge in [-0.1, -0.05) is 13.3 Å². The van der Waals surface area contributed by atoms with Crippen molar-refractivity contribution < 1.29 is 4.79 Å². The molecule has 0 saturated carbocycles. The first kappa shape index (κ1) is 14.7. The molecule has 1 aromatic rings. The fourth-order valence-electron chi connectivity index (χ4n) is 2.93. The molecule has 1 amide bonds. The highest BCUT2D eigenvalue weighted by atomic mass is 16.2. The van der Waals surface area contributed by atoms with E-state index in [0.29, 0.717) is 5.69 Å². The minimum absolute atomic E-state index is 0.0407. The topological polar surface area (TPSA) is 49.6 Å². The van der Waals surface area contributed by atoms with Crippen LogP contribution in [0.15, 0.2) is 18.2 Å². The van der Waals surface area contributed by atoms with Gasteiger partial charge >= 0.3 is 0 Å². The van der Waals surface area contributed by atoms with Gasteiger partial charge in [-0.2, -0.15) is 0 Å². The summed E-state index contributed by atoms with van der Waals surface area (Å²) in [5.41, 5.74) is 8.37. The van der Waals surface area contributed by atoms with E-state index in [1.54, 1.807) is 25.1 Å². The van der Waals surface area contributed by atoms with Crippen LogP contribution >= 0.6 is 0 Å². The minimum atomic E-state index is 0.0407. The zero-order chi connectivity index (χ0) is 14.7. The standard InChI is InChI=1S/C16H25N3O/c1-4-5-12-8-9-19(11-12)15-10-13(17)6-7-14(15)16(20)18(2)3/h6-7,10,12H,4-5,8-9,11,17H2,1-3H3. The van der Waals surface area contributed by atoms with Gasteiger partial charge in [0.1, 0.15) is 0 Å². The second kappa shape index (κ2) is 6.16. The molecule has 4 heteroatoms. The van der Waals surface area contributed by atoms with Crippen LogP contribution in [-0.2, 0) is 0 Å². The predicted octanol–water partition coefficient (Wildman–Crippen LogP) is 2.60. The van der Waals surface area contributed by atoms with E-state index in [1.807, 2.05) is 12.1 Å². The van der Waals surface area contributed by atoms with Crippen molar-refractivity contribution in [1.29, 1.82) is 0 Å². The van der Waals surface area contributed by atoms with Crippen LogP contribution in [0.25, 0.3) is 0 Å². The number of carbonyl (C=O) groups excluding carboxylic acids is 1. The molecule has 4 nitrogen and oxygen atoms in total. The largest absolute Gasteiger partial charge is 0.399 e. The maximum absolute atomic E-state index is 12.3. The summed E-state index contributed by atoms with van der Waals surface area (Å²) in [5.74, 6) is 0.780. The van der Waals surface area contributed by atoms with E-state index in [1.165, 1.54) is 19.3 Å². The Bertz CT molecular complexity index is 485. The molecule has 1 aliphatic rings. The predicted molar refractivity (Wildman–Crippen MR) is 84.1 cm³/mol. The number of carbonyl (C=O) groups is 1. The summed E-state index contributed by atoms with van der Waals surface area (Å²) < 4.78 is 0. The summed E-state index contributed by atoms with van der Waals surface area (Å²) in [6, 6.07) is 5.59. The Kier molecular flexibility index (Phi) is 4.53. The first-order valence-corrected chi connectivity index (χ1v) is 7.39. The van der Waals surface area contributed by atoms with Gasteiger partial charge in [0.15, 0.2) is 0 Å². The molecule has 0 aliphatic carbocycles. The van der Waals surface area contributed by atoms with Crippen LogP contribution in [-0.4, -0.2) is 38.0 Å². The molecule has 2 rings (SSSR count). The Balaban J connectivity index is 2.26. The average molecular weight is 275 g/mol. The van der Waals surface area contributed by atoms with E-state index < -0.39 is 0 Å². The van der Waals surface area contributed by atoms with Crippen molar-refractivity contribution in [2.75, 3.05) is 37.8 Å². The number of nitrogens with two attached hydrogens (primary N) is 1. The van der Waals surface area contributed by atoms with Crippen molar-refractivity contribution in [3.63, 3.8) is 0 Å². The van der Waals surface area contributed by atoms with E-state index in [-0.39, 0.29) is 5.91 Å². The third-order valence-electron chi connectivity index (χ3n) is 3.98. The number of hydrogen-bond acceptors (Lipinski definition) is 3. The molecule has 0 spiro atoms. The van der Waals surface area contributed by atoms with E-state index in [2.05, 4.69) is 11.8 Å². The molecule has 1 atom stereocenters. The molecule has 20 heavy (non-hydrogen) atoms. The van der Waals surface area contributed by atoms with Gasteiger partial charge in [0.2, 0.25) is 0 Å². The summed E-state index contributed by atoms with van der Waals surface area (Å²) >= 11 is 0. The molecule has 0 radical (unpaired) electrons. The van der Waals surface area contributed by atoms with Crippen LogP contribution in [0, 0.1) is 5.92 Å². The quantitative estimate of drug-likeness (QED) is 0.859. The molecule has 110 valence electrons. The number of nitrogen functional groups attached to an aromatic ring is 1. The first-order chi connectivity index (χ1) is 9.52. The Morgan fingerprint density at radius 3 is 2.85 bits per heavy atom. The Hall–Kier alpha value is -1.71. The van der Waals surface area contributed by atoms with Crippen molar-refractivity contribution >= 4 is 17.3 Å². The fraction of sp³-hybridized carbons (Fsp3) is 0.562. The molecule has 1 heterocycles. The summed E-state index contributed by atoms with van der Waals surface area (Å²) in [5, 5.41) is 0. The van der Waals surface area contributed by atoms with Crippen LogP contribution in [0.2, 0.25) is 0 Å². The minimum Gasteiger partial charge on any atom is -0.399 e.